The maximum absolute atomic E-state index is 6.09. The van der Waals surface area contributed by atoms with Crippen molar-refractivity contribution in [3.63, 3.8) is 0 Å². The maximum atomic E-state index is 6.09. The van der Waals surface area contributed by atoms with Gasteiger partial charge in [-0.15, -0.1) is 5.73 Å². The highest BCUT2D eigenvalue weighted by atomic mass is 14.9. The molecule has 0 saturated heterocycles. The van der Waals surface area contributed by atoms with E-state index in [1.54, 1.807) is 6.08 Å². The van der Waals surface area contributed by atoms with Gasteiger partial charge in [0.1, 0.15) is 5.84 Å². The van der Waals surface area contributed by atoms with E-state index in [4.69, 9.17) is 5.73 Å². The van der Waals surface area contributed by atoms with Crippen LogP contribution < -0.4 is 5.73 Å². The third-order valence-electron chi connectivity index (χ3n) is 4.37. The Balaban J connectivity index is 2.45. The van der Waals surface area contributed by atoms with Crippen molar-refractivity contribution in [1.82, 2.24) is 0 Å². The van der Waals surface area contributed by atoms with Crippen molar-refractivity contribution in [3.05, 3.63) is 102 Å². The second-order valence-electron chi connectivity index (χ2n) is 6.47. The van der Waals surface area contributed by atoms with Crippen molar-refractivity contribution in [3.8, 4) is 0 Å². The fourth-order valence-electron chi connectivity index (χ4n) is 3.12. The van der Waals surface area contributed by atoms with Crippen LogP contribution in [-0.4, -0.2) is 5.84 Å². The number of aryl methyl sites for hydroxylation is 1. The minimum absolute atomic E-state index is 0.600. The first kappa shape index (κ1) is 20.2. The van der Waals surface area contributed by atoms with E-state index in [0.717, 1.165) is 41.7 Å². The monoisotopic (exact) mass is 356 g/mol. The van der Waals surface area contributed by atoms with Crippen LogP contribution in [-0.2, 0) is 6.42 Å². The van der Waals surface area contributed by atoms with E-state index < -0.39 is 0 Å². The summed E-state index contributed by atoms with van der Waals surface area (Å²) in [5.41, 5.74) is 15.6. The molecular formula is C25H28N2. The summed E-state index contributed by atoms with van der Waals surface area (Å²) in [5.74, 6) is 0.600. The van der Waals surface area contributed by atoms with Crippen LogP contribution in [0, 0.1) is 0 Å². The van der Waals surface area contributed by atoms with Crippen LogP contribution in [0.4, 0.5) is 0 Å². The number of hydrogen-bond acceptors (Lipinski definition) is 2. The number of allylic oxidation sites excluding steroid dienone is 6. The minimum Gasteiger partial charge on any atom is -0.387 e. The first-order chi connectivity index (χ1) is 13.1. The van der Waals surface area contributed by atoms with Gasteiger partial charge < -0.3 is 5.73 Å². The van der Waals surface area contributed by atoms with Crippen molar-refractivity contribution in [1.29, 1.82) is 0 Å². The molecule has 1 aliphatic rings. The topological polar surface area (TPSA) is 38.4 Å². The van der Waals surface area contributed by atoms with Gasteiger partial charge in [0, 0.05) is 18.5 Å². The van der Waals surface area contributed by atoms with Crippen LogP contribution in [0.2, 0.25) is 0 Å². The number of nitrogens with zero attached hydrogens (tertiary/aromatic N) is 1. The van der Waals surface area contributed by atoms with Crippen molar-refractivity contribution in [2.75, 3.05) is 0 Å². The molecule has 0 unspecified atom stereocenters. The standard InChI is InChI=1S/C25H28N2/c1-5-9-19-12-15-24(27-25(26)16-19)18-22(11-7-3)23-14-13-20(8-4)21(17-23)10-6-2/h7-9,11-14,17-18H,1,3-4,6,10,15-16H2,2H3,(H2,26,27)/b22-11+,24-18+. The third-order valence-corrected chi connectivity index (χ3v) is 4.37. The van der Waals surface area contributed by atoms with Crippen LogP contribution in [0.1, 0.15) is 42.9 Å². The first-order valence-corrected chi connectivity index (χ1v) is 9.28. The molecule has 1 aromatic carbocycles. The van der Waals surface area contributed by atoms with Crippen molar-refractivity contribution in [2.45, 2.75) is 32.6 Å². The zero-order valence-electron chi connectivity index (χ0n) is 16.2. The van der Waals surface area contributed by atoms with Crippen LogP contribution in [0.25, 0.3) is 11.6 Å². The van der Waals surface area contributed by atoms with Gasteiger partial charge in [-0.05, 0) is 46.4 Å². The van der Waals surface area contributed by atoms with Crippen LogP contribution >= 0.6 is 0 Å². The van der Waals surface area contributed by atoms with Gasteiger partial charge in [-0.2, -0.15) is 0 Å². The molecule has 27 heavy (non-hydrogen) atoms. The van der Waals surface area contributed by atoms with Gasteiger partial charge in [0.25, 0.3) is 0 Å². The van der Waals surface area contributed by atoms with Crippen molar-refractivity contribution < 1.29 is 0 Å². The summed E-state index contributed by atoms with van der Waals surface area (Å²) < 4.78 is 0. The van der Waals surface area contributed by atoms with Gasteiger partial charge in [0.05, 0.1) is 0 Å². The molecule has 0 saturated carbocycles. The smallest absolute Gasteiger partial charge is 0.104 e. The molecule has 1 heterocycles. The fourth-order valence-corrected chi connectivity index (χ4v) is 3.12. The van der Waals surface area contributed by atoms with Crippen LogP contribution in [0.3, 0.4) is 0 Å². The second kappa shape index (κ2) is 10.2. The lowest BCUT2D eigenvalue weighted by Gasteiger charge is -2.10. The molecule has 2 heteroatoms. The largest absolute Gasteiger partial charge is 0.387 e. The highest BCUT2D eigenvalue weighted by Gasteiger charge is 2.09. The summed E-state index contributed by atoms with van der Waals surface area (Å²) in [7, 11) is 0. The van der Waals surface area contributed by atoms with E-state index in [-0.39, 0.29) is 0 Å². The number of nitrogens with two attached hydrogens (primary N) is 1. The Hall–Kier alpha value is -3.09. The Bertz CT molecular complexity index is 885. The Morgan fingerprint density at radius 2 is 2.15 bits per heavy atom. The lowest BCUT2D eigenvalue weighted by Crippen LogP contribution is -2.11. The van der Waals surface area contributed by atoms with Gasteiger partial charge in [-0.1, -0.05) is 75.6 Å². The maximum Gasteiger partial charge on any atom is 0.104 e. The average molecular weight is 357 g/mol. The summed E-state index contributed by atoms with van der Waals surface area (Å²) in [6, 6.07) is 6.48. The molecule has 0 fully saturated rings. The van der Waals surface area contributed by atoms with E-state index in [1.807, 2.05) is 18.2 Å². The molecule has 2 N–H and O–H groups in total. The summed E-state index contributed by atoms with van der Waals surface area (Å²) in [6.07, 6.45) is 15.3. The van der Waals surface area contributed by atoms with Crippen LogP contribution in [0.15, 0.2) is 90.3 Å². The molecule has 2 rings (SSSR count). The molecule has 0 bridgehead atoms. The third kappa shape index (κ3) is 5.70. The molecule has 1 aliphatic heterocycles. The van der Waals surface area contributed by atoms with E-state index in [1.165, 1.54) is 11.1 Å². The fraction of sp³-hybridized carbons (Fsp3) is 0.200. The number of hydrogen-bond donors (Lipinski definition) is 1. The van der Waals surface area contributed by atoms with Gasteiger partial charge in [0.2, 0.25) is 0 Å². The molecule has 0 amide bonds. The predicted molar refractivity (Wildman–Crippen MR) is 119 cm³/mol. The molecule has 0 spiro atoms. The minimum atomic E-state index is 0.600. The quantitative estimate of drug-likeness (QED) is 0.461. The number of aliphatic imine (C=N–C) groups is 1. The van der Waals surface area contributed by atoms with Crippen molar-refractivity contribution >= 4 is 17.5 Å². The lowest BCUT2D eigenvalue weighted by atomic mass is 9.95. The van der Waals surface area contributed by atoms with E-state index in [2.05, 4.69) is 67.7 Å². The number of benzene rings is 1. The van der Waals surface area contributed by atoms with Gasteiger partial charge in [-0.3, -0.25) is 0 Å². The van der Waals surface area contributed by atoms with E-state index >= 15 is 0 Å². The molecule has 0 radical (unpaired) electrons. The Labute approximate surface area is 163 Å². The predicted octanol–water partition coefficient (Wildman–Crippen LogP) is 6.15. The Morgan fingerprint density at radius 3 is 2.81 bits per heavy atom. The Morgan fingerprint density at radius 1 is 1.33 bits per heavy atom. The summed E-state index contributed by atoms with van der Waals surface area (Å²) >= 11 is 0. The molecule has 0 aromatic heterocycles. The molecule has 0 aliphatic carbocycles. The molecule has 138 valence electrons. The van der Waals surface area contributed by atoms with E-state index in [0.29, 0.717) is 12.3 Å². The molecule has 0 atom stereocenters. The normalized spacial score (nSPS) is 16.0. The Kier molecular flexibility index (Phi) is 7.61. The first-order valence-electron chi connectivity index (χ1n) is 9.28. The highest BCUT2D eigenvalue weighted by molar-refractivity contribution is 5.85. The summed E-state index contributed by atoms with van der Waals surface area (Å²) in [4.78, 5) is 4.59. The second-order valence-corrected chi connectivity index (χ2v) is 6.47. The van der Waals surface area contributed by atoms with E-state index in [9.17, 15) is 0 Å². The zero-order chi connectivity index (χ0) is 19.6. The van der Waals surface area contributed by atoms with Gasteiger partial charge in [-0.25, -0.2) is 4.99 Å². The number of rotatable bonds is 7. The molecule has 2 nitrogen and oxygen atoms in total. The van der Waals surface area contributed by atoms with Gasteiger partial charge in [0.15, 0.2) is 0 Å². The summed E-state index contributed by atoms with van der Waals surface area (Å²) in [6.45, 7) is 13.6. The number of amidine groups is 1. The molecular weight excluding hydrogens is 328 g/mol. The summed E-state index contributed by atoms with van der Waals surface area (Å²) in [5, 5.41) is 0. The molecule has 1 aromatic rings. The highest BCUT2D eigenvalue weighted by Crippen LogP contribution is 2.25. The SMILES string of the molecule is C=C=CC1=CC/C(=C\C(=C/C=C)c2ccc(C=C)c(CCC)c2)N=C(N)C1. The van der Waals surface area contributed by atoms with Crippen LogP contribution in [0.5, 0.6) is 0 Å². The average Bonchev–Trinajstić information content (AvgIpc) is 2.82. The lowest BCUT2D eigenvalue weighted by molar-refractivity contribution is 0.919. The van der Waals surface area contributed by atoms with Crippen molar-refractivity contribution in [2.24, 2.45) is 10.7 Å². The zero-order valence-corrected chi connectivity index (χ0v) is 16.2. The van der Waals surface area contributed by atoms with Gasteiger partial charge >= 0.3 is 0 Å².